The molecule has 0 heterocycles. The SMILES string of the molecule is CC(C)O.CC(C)O.CC(C)O.CC(C)O.CC(C)c1ccc(OOC(C(=O)O)C(O)C(=O)O)cc1.O=C(O)C(O)C(O)C(=O)O.[CH2-]C.[CH2-]C.[Ti+2]. The summed E-state index contributed by atoms with van der Waals surface area (Å²) in [7, 11) is 0. The van der Waals surface area contributed by atoms with Gasteiger partial charge < -0.3 is 74.9 Å². The molecule has 0 aliphatic heterocycles. The molecular formula is C33H64O17Ti. The summed E-state index contributed by atoms with van der Waals surface area (Å²) >= 11 is 0. The number of aliphatic carboxylic acids is 4. The summed E-state index contributed by atoms with van der Waals surface area (Å²) in [6, 6.07) is 6.66. The summed E-state index contributed by atoms with van der Waals surface area (Å²) in [6.45, 7) is 27.8. The minimum absolute atomic E-state index is 0. The first-order valence-corrected chi connectivity index (χ1v) is 15.2. The van der Waals surface area contributed by atoms with E-state index in [-0.39, 0.29) is 51.9 Å². The summed E-state index contributed by atoms with van der Waals surface area (Å²) in [6.07, 6.45) is -9.44. The quantitative estimate of drug-likeness (QED) is 0.0701. The van der Waals surface area contributed by atoms with Crippen LogP contribution in [0.4, 0.5) is 0 Å². The summed E-state index contributed by atoms with van der Waals surface area (Å²) in [4.78, 5) is 50.1. The summed E-state index contributed by atoms with van der Waals surface area (Å²) < 4.78 is 0. The average Bonchev–Trinajstić information content (AvgIpc) is 2.97. The molecule has 302 valence electrons. The van der Waals surface area contributed by atoms with Gasteiger partial charge in [0.05, 0.1) is 0 Å². The Morgan fingerprint density at radius 2 is 0.725 bits per heavy atom. The summed E-state index contributed by atoms with van der Waals surface area (Å²) in [5, 5.41) is 91.2. The van der Waals surface area contributed by atoms with E-state index in [2.05, 4.69) is 18.7 Å². The van der Waals surface area contributed by atoms with Gasteiger partial charge in [-0.25, -0.2) is 19.2 Å². The van der Waals surface area contributed by atoms with Gasteiger partial charge in [0.2, 0.25) is 6.10 Å². The maximum atomic E-state index is 10.8. The van der Waals surface area contributed by atoms with Gasteiger partial charge in [0.15, 0.2) is 24.1 Å². The molecule has 4 unspecified atom stereocenters. The van der Waals surface area contributed by atoms with Crippen LogP contribution < -0.4 is 4.89 Å². The van der Waals surface area contributed by atoms with Crippen molar-refractivity contribution in [3.8, 4) is 5.75 Å². The molecule has 0 fully saturated rings. The standard InChI is InChI=1S/C13H16O7.C4H6O6.4C3H8O.2C2H5.Ti/c1-7(2)8-3-5-9(6-4-8)19-20-11(13(17)18)10(14)12(15)16;5-1(3(7)8)2(6)4(9)10;4*1-3(2)4;2*1-2;/h3-7,10-11,14H,1-2H3,(H,15,16)(H,17,18);1-2,5-6H,(H,7,8)(H,9,10);4*3-4H,1-2H3;2*1H2,2H3;/q;;;;;;2*-1;+2. The number of rotatable bonds is 10. The second-order valence-electron chi connectivity index (χ2n) is 10.4. The summed E-state index contributed by atoms with van der Waals surface area (Å²) in [5.74, 6) is -6.36. The molecule has 0 saturated heterocycles. The zero-order valence-corrected chi connectivity index (χ0v) is 33.4. The number of aliphatic hydroxyl groups is 7. The van der Waals surface area contributed by atoms with E-state index in [1.807, 2.05) is 13.8 Å². The van der Waals surface area contributed by atoms with Gasteiger partial charge in [-0.2, -0.15) is 18.7 Å². The van der Waals surface area contributed by atoms with Crippen molar-refractivity contribution in [2.75, 3.05) is 0 Å². The Hall–Kier alpha value is -2.71. The molecule has 1 aromatic carbocycles. The molecule has 51 heavy (non-hydrogen) atoms. The Morgan fingerprint density at radius 1 is 0.490 bits per heavy atom. The molecule has 0 bridgehead atoms. The van der Waals surface area contributed by atoms with Crippen molar-refractivity contribution < 1.29 is 107 Å². The van der Waals surface area contributed by atoms with Gasteiger partial charge in [0, 0.05) is 24.4 Å². The van der Waals surface area contributed by atoms with Crippen LogP contribution in [0.25, 0.3) is 0 Å². The Kier molecular flexibility index (Phi) is 56.7. The Labute approximate surface area is 317 Å². The van der Waals surface area contributed by atoms with Crippen molar-refractivity contribution in [1.29, 1.82) is 0 Å². The molecule has 18 heteroatoms. The number of carboxylic acids is 4. The molecule has 1 rings (SSSR count). The van der Waals surface area contributed by atoms with Crippen LogP contribution in [0, 0.1) is 13.8 Å². The molecule has 0 aliphatic carbocycles. The van der Waals surface area contributed by atoms with Crippen LogP contribution in [0.3, 0.4) is 0 Å². The smallest absolute Gasteiger partial charge is 0.479 e. The zero-order valence-electron chi connectivity index (χ0n) is 31.8. The molecule has 0 aliphatic rings. The topological polar surface area (TPSA) is 309 Å². The Morgan fingerprint density at radius 3 is 0.902 bits per heavy atom. The minimum Gasteiger partial charge on any atom is -0.479 e. The molecule has 11 N–H and O–H groups in total. The summed E-state index contributed by atoms with van der Waals surface area (Å²) in [5.41, 5.74) is 1.05. The second-order valence-corrected chi connectivity index (χ2v) is 10.4. The maximum Gasteiger partial charge on any atom is 2.00 e. The van der Waals surface area contributed by atoms with Gasteiger partial charge >= 0.3 is 45.6 Å². The monoisotopic (exact) mass is 780 g/mol. The third-order valence-electron chi connectivity index (χ3n) is 3.38. The van der Waals surface area contributed by atoms with Crippen molar-refractivity contribution in [1.82, 2.24) is 0 Å². The molecule has 1 aromatic rings. The molecular weight excluding hydrogens is 716 g/mol. The Balaban J connectivity index is -0.0000000832. The van der Waals surface area contributed by atoms with Gasteiger partial charge in [0.1, 0.15) is 0 Å². The molecule has 0 radical (unpaired) electrons. The molecule has 0 aromatic heterocycles. The van der Waals surface area contributed by atoms with Crippen LogP contribution in [0.15, 0.2) is 24.3 Å². The molecule has 0 saturated carbocycles. The van der Waals surface area contributed by atoms with Crippen molar-refractivity contribution in [3.63, 3.8) is 0 Å². The van der Waals surface area contributed by atoms with Gasteiger partial charge in [-0.15, -0.1) is 0 Å². The fraction of sp³-hybridized carbons (Fsp3) is 0.636. The molecule has 0 amide bonds. The molecule has 17 nitrogen and oxygen atoms in total. The van der Waals surface area contributed by atoms with Crippen LogP contribution in [0.1, 0.15) is 94.6 Å². The van der Waals surface area contributed by atoms with Crippen LogP contribution in [-0.2, 0) is 45.8 Å². The molecule has 0 spiro atoms. The number of carboxylic acid groups (broad SMARTS) is 4. The third kappa shape index (κ3) is 59.8. The van der Waals surface area contributed by atoms with E-state index in [9.17, 15) is 19.2 Å². The number of carbonyl (C=O) groups is 4. The van der Waals surface area contributed by atoms with Gasteiger partial charge in [0.25, 0.3) is 0 Å². The van der Waals surface area contributed by atoms with Crippen molar-refractivity contribution in [3.05, 3.63) is 43.7 Å². The van der Waals surface area contributed by atoms with Crippen molar-refractivity contribution >= 4 is 23.9 Å². The van der Waals surface area contributed by atoms with Gasteiger partial charge in [-0.3, -0.25) is 0 Å². The van der Waals surface area contributed by atoms with E-state index in [0.29, 0.717) is 5.92 Å². The first kappa shape index (κ1) is 66.5. The minimum atomic E-state index is -2.27. The van der Waals surface area contributed by atoms with Crippen LogP contribution in [0.2, 0.25) is 0 Å². The van der Waals surface area contributed by atoms with Gasteiger partial charge in [-0.05, 0) is 79.0 Å². The number of benzene rings is 1. The molecule has 4 atom stereocenters. The van der Waals surface area contributed by atoms with Crippen LogP contribution in [0.5, 0.6) is 5.75 Å². The normalized spacial score (nSPS) is 11.6. The van der Waals surface area contributed by atoms with E-state index in [1.165, 1.54) is 0 Å². The predicted molar refractivity (Wildman–Crippen MR) is 186 cm³/mol. The van der Waals surface area contributed by atoms with Crippen LogP contribution in [-0.4, -0.2) is 129 Å². The Bertz CT molecular complexity index is 871. The van der Waals surface area contributed by atoms with Crippen molar-refractivity contribution in [2.45, 2.75) is 138 Å². The first-order valence-electron chi connectivity index (χ1n) is 15.2. The van der Waals surface area contributed by atoms with E-state index in [4.69, 9.17) is 61.1 Å². The fourth-order valence-electron chi connectivity index (χ4n) is 1.64. The average molecular weight is 781 g/mol. The maximum absolute atomic E-state index is 10.8. The van der Waals surface area contributed by atoms with E-state index in [0.717, 1.165) is 5.56 Å². The number of hydrogen-bond acceptors (Lipinski definition) is 13. The van der Waals surface area contributed by atoms with E-state index >= 15 is 0 Å². The second kappa shape index (κ2) is 43.5. The third-order valence-corrected chi connectivity index (χ3v) is 3.38. The fourth-order valence-corrected chi connectivity index (χ4v) is 1.64. The van der Waals surface area contributed by atoms with Gasteiger partial charge in [-0.1, -0.05) is 26.0 Å². The number of hydrogen-bond donors (Lipinski definition) is 11. The predicted octanol–water partition coefficient (Wildman–Crippen LogP) is 2.12. The largest absolute Gasteiger partial charge is 2.00 e. The van der Waals surface area contributed by atoms with E-state index < -0.39 is 48.3 Å². The number of aliphatic hydroxyl groups excluding tert-OH is 7. The zero-order chi connectivity index (χ0) is 41.9. The van der Waals surface area contributed by atoms with Crippen molar-refractivity contribution in [2.24, 2.45) is 0 Å². The van der Waals surface area contributed by atoms with Crippen LogP contribution >= 0.6 is 0 Å². The van der Waals surface area contributed by atoms with E-state index in [1.54, 1.807) is 93.5 Å². The first-order chi connectivity index (χ1) is 22.7.